The predicted molar refractivity (Wildman–Crippen MR) is 122 cm³/mol. The van der Waals surface area contributed by atoms with Gasteiger partial charge in [-0.3, -0.25) is 19.1 Å². The second kappa shape index (κ2) is 10.2. The second-order valence-corrected chi connectivity index (χ2v) is 9.05. The zero-order chi connectivity index (χ0) is 21.6. The first-order valence-corrected chi connectivity index (χ1v) is 11.7. The smallest absolute Gasteiger partial charge is 0.253 e. The van der Waals surface area contributed by atoms with E-state index in [2.05, 4.69) is 29.2 Å². The number of amides is 1. The molecule has 0 saturated carbocycles. The molecule has 0 N–H and O–H groups in total. The van der Waals surface area contributed by atoms with Gasteiger partial charge in [-0.1, -0.05) is 36.8 Å². The number of carbonyl (C=O) groups is 1. The number of hydrogen-bond donors (Lipinski definition) is 0. The summed E-state index contributed by atoms with van der Waals surface area (Å²) in [5.74, 6) is 1.27. The van der Waals surface area contributed by atoms with Gasteiger partial charge in [0, 0.05) is 44.6 Å². The van der Waals surface area contributed by atoms with Gasteiger partial charge in [-0.2, -0.15) is 0 Å². The largest absolute Gasteiger partial charge is 0.341 e. The monoisotopic (exact) mass is 422 g/mol. The third-order valence-corrected chi connectivity index (χ3v) is 6.61. The van der Waals surface area contributed by atoms with E-state index in [-0.39, 0.29) is 17.4 Å². The molecule has 0 aliphatic carbocycles. The minimum atomic E-state index is 0.0750. The SMILES string of the molecule is CN(CCc1ccccc1)CC(=O)N1CCCC(c2cc(=O)n3c(n2)CCCCC3)C1. The van der Waals surface area contributed by atoms with Crippen molar-refractivity contribution in [3.63, 3.8) is 0 Å². The third kappa shape index (κ3) is 5.62. The summed E-state index contributed by atoms with van der Waals surface area (Å²) in [4.78, 5) is 34.6. The van der Waals surface area contributed by atoms with Crippen LogP contribution in [0.5, 0.6) is 0 Å². The molecular weight excluding hydrogens is 388 g/mol. The van der Waals surface area contributed by atoms with E-state index in [9.17, 15) is 9.59 Å². The fourth-order valence-corrected chi connectivity index (χ4v) is 4.76. The molecule has 1 unspecified atom stereocenters. The van der Waals surface area contributed by atoms with Crippen molar-refractivity contribution in [2.24, 2.45) is 0 Å². The Morgan fingerprint density at radius 3 is 2.81 bits per heavy atom. The molecule has 0 bridgehead atoms. The molecule has 1 fully saturated rings. The van der Waals surface area contributed by atoms with Gasteiger partial charge in [0.1, 0.15) is 5.82 Å². The normalized spacial score (nSPS) is 19.2. The molecule has 6 heteroatoms. The van der Waals surface area contributed by atoms with E-state index in [1.807, 2.05) is 22.6 Å². The van der Waals surface area contributed by atoms with Crippen molar-refractivity contribution >= 4 is 5.91 Å². The molecule has 2 aliphatic heterocycles. The van der Waals surface area contributed by atoms with E-state index in [0.717, 1.165) is 76.1 Å². The molecule has 166 valence electrons. The zero-order valence-electron chi connectivity index (χ0n) is 18.6. The summed E-state index contributed by atoms with van der Waals surface area (Å²) in [7, 11) is 2.01. The first kappa shape index (κ1) is 21.8. The Labute approximate surface area is 184 Å². The molecule has 1 atom stereocenters. The number of carbonyl (C=O) groups excluding carboxylic acids is 1. The van der Waals surface area contributed by atoms with Crippen molar-refractivity contribution in [3.05, 3.63) is 63.8 Å². The number of hydrogen-bond acceptors (Lipinski definition) is 4. The quantitative estimate of drug-likeness (QED) is 0.718. The lowest BCUT2D eigenvalue weighted by Crippen LogP contribution is -2.44. The molecule has 1 aromatic heterocycles. The van der Waals surface area contributed by atoms with E-state index in [4.69, 9.17) is 4.98 Å². The van der Waals surface area contributed by atoms with Crippen LogP contribution in [0.2, 0.25) is 0 Å². The van der Waals surface area contributed by atoms with Gasteiger partial charge in [0.25, 0.3) is 5.56 Å². The maximum atomic E-state index is 12.9. The maximum absolute atomic E-state index is 12.9. The minimum absolute atomic E-state index is 0.0750. The number of likely N-dealkylation sites (tertiary alicyclic amines) is 1. The average molecular weight is 423 g/mol. The number of benzene rings is 1. The first-order chi connectivity index (χ1) is 15.1. The first-order valence-electron chi connectivity index (χ1n) is 11.7. The molecule has 1 saturated heterocycles. The van der Waals surface area contributed by atoms with Crippen LogP contribution in [0.4, 0.5) is 0 Å². The average Bonchev–Trinajstić information content (AvgIpc) is 3.04. The van der Waals surface area contributed by atoms with E-state index in [1.165, 1.54) is 5.56 Å². The van der Waals surface area contributed by atoms with E-state index in [0.29, 0.717) is 13.1 Å². The molecule has 1 amide bonds. The summed E-state index contributed by atoms with van der Waals surface area (Å²) in [5.41, 5.74) is 2.25. The number of likely N-dealkylation sites (N-methyl/N-ethyl adjacent to an activating group) is 1. The molecule has 2 aromatic rings. The van der Waals surface area contributed by atoms with Gasteiger partial charge in [-0.15, -0.1) is 0 Å². The van der Waals surface area contributed by atoms with Crippen LogP contribution in [0.15, 0.2) is 41.2 Å². The lowest BCUT2D eigenvalue weighted by Gasteiger charge is -2.33. The van der Waals surface area contributed by atoms with Crippen LogP contribution in [0.1, 0.15) is 55.1 Å². The Morgan fingerprint density at radius 1 is 1.13 bits per heavy atom. The maximum Gasteiger partial charge on any atom is 0.253 e. The molecule has 1 aromatic carbocycles. The molecule has 31 heavy (non-hydrogen) atoms. The Morgan fingerprint density at radius 2 is 1.97 bits per heavy atom. The van der Waals surface area contributed by atoms with Crippen LogP contribution in [0.3, 0.4) is 0 Å². The molecule has 3 heterocycles. The van der Waals surface area contributed by atoms with Gasteiger partial charge in [0.15, 0.2) is 0 Å². The van der Waals surface area contributed by atoms with Crippen LogP contribution in [0, 0.1) is 0 Å². The summed E-state index contributed by atoms with van der Waals surface area (Å²) in [6.45, 7) is 3.54. The number of aryl methyl sites for hydroxylation is 1. The van der Waals surface area contributed by atoms with Crippen molar-refractivity contribution < 1.29 is 4.79 Å². The van der Waals surface area contributed by atoms with Crippen LogP contribution in [-0.2, 0) is 24.2 Å². The van der Waals surface area contributed by atoms with Crippen LogP contribution in [-0.4, -0.2) is 58.5 Å². The van der Waals surface area contributed by atoms with Gasteiger partial charge >= 0.3 is 0 Å². The standard InChI is InChI=1S/C25H34N4O2/c1-27(16-13-20-9-4-2-5-10-20)19-25(31)28-14-8-11-21(18-28)22-17-24(30)29-15-7-3-6-12-23(29)26-22/h2,4-5,9-10,17,21H,3,6-8,11-16,18-19H2,1H3. The van der Waals surface area contributed by atoms with Gasteiger partial charge in [0.05, 0.1) is 12.2 Å². The van der Waals surface area contributed by atoms with Crippen molar-refractivity contribution in [3.8, 4) is 0 Å². The summed E-state index contributed by atoms with van der Waals surface area (Å²) < 4.78 is 1.85. The van der Waals surface area contributed by atoms with Crippen molar-refractivity contribution in [1.29, 1.82) is 0 Å². The van der Waals surface area contributed by atoms with Crippen molar-refractivity contribution in [2.75, 3.05) is 33.2 Å². The fraction of sp³-hybridized carbons (Fsp3) is 0.560. The summed E-state index contributed by atoms with van der Waals surface area (Å²) in [6, 6.07) is 12.1. The number of nitrogens with zero attached hydrogens (tertiary/aromatic N) is 4. The fourth-order valence-electron chi connectivity index (χ4n) is 4.76. The number of rotatable bonds is 6. The van der Waals surface area contributed by atoms with Crippen molar-refractivity contribution in [2.45, 2.75) is 57.4 Å². The lowest BCUT2D eigenvalue weighted by atomic mass is 9.94. The summed E-state index contributed by atoms with van der Waals surface area (Å²) in [6.07, 6.45) is 7.08. The lowest BCUT2D eigenvalue weighted by molar-refractivity contribution is -0.133. The number of aromatic nitrogens is 2. The number of fused-ring (bicyclic) bond motifs is 1. The molecule has 0 radical (unpaired) electrons. The molecular formula is C25H34N4O2. The molecule has 2 aliphatic rings. The predicted octanol–water partition coefficient (Wildman–Crippen LogP) is 2.85. The van der Waals surface area contributed by atoms with Crippen LogP contribution < -0.4 is 5.56 Å². The van der Waals surface area contributed by atoms with Gasteiger partial charge in [-0.05, 0) is 44.7 Å². The highest BCUT2D eigenvalue weighted by Gasteiger charge is 2.27. The van der Waals surface area contributed by atoms with E-state index < -0.39 is 0 Å². The minimum Gasteiger partial charge on any atom is -0.341 e. The van der Waals surface area contributed by atoms with Crippen molar-refractivity contribution in [1.82, 2.24) is 19.4 Å². The Hall–Kier alpha value is -2.47. The number of piperidine rings is 1. The van der Waals surface area contributed by atoms with E-state index >= 15 is 0 Å². The highest BCUT2D eigenvalue weighted by Crippen LogP contribution is 2.26. The third-order valence-electron chi connectivity index (χ3n) is 6.61. The highest BCUT2D eigenvalue weighted by molar-refractivity contribution is 5.78. The Balaban J connectivity index is 1.36. The Kier molecular flexibility index (Phi) is 7.17. The van der Waals surface area contributed by atoms with Gasteiger partial charge in [0.2, 0.25) is 5.91 Å². The summed E-state index contributed by atoms with van der Waals surface area (Å²) >= 11 is 0. The summed E-state index contributed by atoms with van der Waals surface area (Å²) in [5, 5.41) is 0. The highest BCUT2D eigenvalue weighted by atomic mass is 16.2. The van der Waals surface area contributed by atoms with Crippen LogP contribution >= 0.6 is 0 Å². The molecule has 0 spiro atoms. The second-order valence-electron chi connectivity index (χ2n) is 9.05. The van der Waals surface area contributed by atoms with Gasteiger partial charge in [-0.25, -0.2) is 4.98 Å². The zero-order valence-corrected chi connectivity index (χ0v) is 18.6. The molecule has 6 nitrogen and oxygen atoms in total. The topological polar surface area (TPSA) is 58.4 Å². The van der Waals surface area contributed by atoms with Gasteiger partial charge < -0.3 is 4.90 Å². The van der Waals surface area contributed by atoms with E-state index in [1.54, 1.807) is 6.07 Å². The van der Waals surface area contributed by atoms with Crippen LogP contribution in [0.25, 0.3) is 0 Å². The molecule has 4 rings (SSSR count). The Bertz CT molecular complexity index is 940.